The molecule has 1 aliphatic carbocycles. The number of ether oxygens (including phenoxy) is 2. The third kappa shape index (κ3) is 4.31. The maximum absolute atomic E-state index is 12.4. The standard InChI is InChI=1S/C24H26N2O6/c1-15(12-21(27)26-24(22(28)29)10-11-31-14-24)25-23(30)32-13-20-18-8-4-2-6-16(18)17-7-3-5-9-19(17)20/h2-9,15,20H,10-14H2,1H3,(H,25,30)(H,26,27)(H,28,29). The van der Waals surface area contributed by atoms with Crippen molar-refractivity contribution in [1.29, 1.82) is 0 Å². The van der Waals surface area contributed by atoms with Gasteiger partial charge < -0.3 is 25.2 Å². The summed E-state index contributed by atoms with van der Waals surface area (Å²) in [5, 5.41) is 14.6. The van der Waals surface area contributed by atoms with E-state index < -0.39 is 29.6 Å². The zero-order valence-electron chi connectivity index (χ0n) is 17.8. The zero-order chi connectivity index (χ0) is 22.7. The molecule has 8 heteroatoms. The molecule has 0 saturated carbocycles. The molecule has 1 aliphatic heterocycles. The quantitative estimate of drug-likeness (QED) is 0.612. The minimum atomic E-state index is -1.40. The summed E-state index contributed by atoms with van der Waals surface area (Å²) >= 11 is 0. The minimum absolute atomic E-state index is 0.0513. The fourth-order valence-corrected chi connectivity index (χ4v) is 4.37. The minimum Gasteiger partial charge on any atom is -0.479 e. The van der Waals surface area contributed by atoms with Crippen LogP contribution in [0.25, 0.3) is 11.1 Å². The SMILES string of the molecule is CC(CC(=O)NC1(C(=O)O)CCOC1)NC(=O)OCC1c2ccccc2-c2ccccc21. The molecule has 2 amide bonds. The second kappa shape index (κ2) is 9.00. The number of aliphatic carboxylic acids is 1. The molecule has 4 rings (SSSR count). The van der Waals surface area contributed by atoms with Crippen LogP contribution in [0.2, 0.25) is 0 Å². The molecule has 32 heavy (non-hydrogen) atoms. The van der Waals surface area contributed by atoms with Gasteiger partial charge >= 0.3 is 12.1 Å². The fraction of sp³-hybridized carbons (Fsp3) is 0.375. The average molecular weight is 438 g/mol. The van der Waals surface area contributed by atoms with Crippen molar-refractivity contribution >= 4 is 18.0 Å². The Morgan fingerprint density at radius 3 is 2.31 bits per heavy atom. The number of fused-ring (bicyclic) bond motifs is 3. The Balaban J connectivity index is 1.31. The lowest BCUT2D eigenvalue weighted by Gasteiger charge is -2.24. The van der Waals surface area contributed by atoms with E-state index in [1.54, 1.807) is 6.92 Å². The van der Waals surface area contributed by atoms with Crippen molar-refractivity contribution < 1.29 is 29.0 Å². The maximum Gasteiger partial charge on any atom is 0.407 e. The summed E-state index contributed by atoms with van der Waals surface area (Å²) in [5.41, 5.74) is 3.12. The van der Waals surface area contributed by atoms with Crippen molar-refractivity contribution in [1.82, 2.24) is 10.6 Å². The molecular weight excluding hydrogens is 412 g/mol. The van der Waals surface area contributed by atoms with Gasteiger partial charge in [0, 0.05) is 31.4 Å². The van der Waals surface area contributed by atoms with E-state index in [0.717, 1.165) is 22.3 Å². The highest BCUT2D eigenvalue weighted by Crippen LogP contribution is 2.44. The third-order valence-electron chi connectivity index (χ3n) is 6.01. The summed E-state index contributed by atoms with van der Waals surface area (Å²) in [7, 11) is 0. The zero-order valence-corrected chi connectivity index (χ0v) is 17.8. The van der Waals surface area contributed by atoms with Crippen LogP contribution in [0.5, 0.6) is 0 Å². The normalized spacial score (nSPS) is 20.2. The van der Waals surface area contributed by atoms with E-state index in [0.29, 0.717) is 0 Å². The Morgan fingerprint density at radius 1 is 1.12 bits per heavy atom. The van der Waals surface area contributed by atoms with Crippen LogP contribution < -0.4 is 10.6 Å². The van der Waals surface area contributed by atoms with E-state index >= 15 is 0 Å². The molecule has 0 radical (unpaired) electrons. The average Bonchev–Trinajstić information content (AvgIpc) is 3.36. The van der Waals surface area contributed by atoms with Gasteiger partial charge in [-0.25, -0.2) is 9.59 Å². The molecule has 2 unspecified atom stereocenters. The van der Waals surface area contributed by atoms with Crippen LogP contribution in [0.4, 0.5) is 4.79 Å². The van der Waals surface area contributed by atoms with Crippen molar-refractivity contribution in [3.8, 4) is 11.1 Å². The smallest absolute Gasteiger partial charge is 0.407 e. The number of alkyl carbamates (subject to hydrolysis) is 1. The lowest BCUT2D eigenvalue weighted by Crippen LogP contribution is -2.56. The molecule has 2 aliphatic rings. The first kappa shape index (κ1) is 21.8. The van der Waals surface area contributed by atoms with Gasteiger partial charge in [-0.3, -0.25) is 4.79 Å². The first-order chi connectivity index (χ1) is 15.4. The van der Waals surface area contributed by atoms with Crippen LogP contribution in [0.3, 0.4) is 0 Å². The predicted octanol–water partition coefficient (Wildman–Crippen LogP) is 2.66. The van der Waals surface area contributed by atoms with Gasteiger partial charge in [-0.2, -0.15) is 0 Å². The van der Waals surface area contributed by atoms with Gasteiger partial charge in [-0.05, 0) is 29.2 Å². The Bertz CT molecular complexity index is 985. The first-order valence-electron chi connectivity index (χ1n) is 10.6. The van der Waals surface area contributed by atoms with E-state index in [-0.39, 0.29) is 38.6 Å². The highest BCUT2D eigenvalue weighted by atomic mass is 16.5. The van der Waals surface area contributed by atoms with Crippen LogP contribution >= 0.6 is 0 Å². The molecule has 1 saturated heterocycles. The Morgan fingerprint density at radius 2 is 1.75 bits per heavy atom. The molecule has 2 aromatic rings. The molecule has 168 valence electrons. The Labute approximate surface area is 185 Å². The molecule has 3 N–H and O–H groups in total. The number of amides is 2. The van der Waals surface area contributed by atoms with Crippen LogP contribution in [0.1, 0.15) is 36.8 Å². The lowest BCUT2D eigenvalue weighted by atomic mass is 9.98. The molecule has 2 aromatic carbocycles. The molecule has 0 spiro atoms. The second-order valence-corrected chi connectivity index (χ2v) is 8.31. The fourth-order valence-electron chi connectivity index (χ4n) is 4.37. The van der Waals surface area contributed by atoms with Crippen molar-refractivity contribution in [3.63, 3.8) is 0 Å². The number of hydrogen-bond acceptors (Lipinski definition) is 5. The van der Waals surface area contributed by atoms with Gasteiger partial charge in [0.1, 0.15) is 6.61 Å². The Kier molecular flexibility index (Phi) is 6.14. The van der Waals surface area contributed by atoms with Gasteiger partial charge in [-0.15, -0.1) is 0 Å². The van der Waals surface area contributed by atoms with E-state index in [1.165, 1.54) is 0 Å². The van der Waals surface area contributed by atoms with Crippen LogP contribution in [-0.2, 0) is 19.1 Å². The van der Waals surface area contributed by atoms with Gasteiger partial charge in [-0.1, -0.05) is 48.5 Å². The summed E-state index contributed by atoms with van der Waals surface area (Å²) in [6, 6.07) is 15.6. The number of nitrogens with one attached hydrogen (secondary N) is 2. The Hall–Kier alpha value is -3.39. The predicted molar refractivity (Wildman–Crippen MR) is 116 cm³/mol. The monoisotopic (exact) mass is 438 g/mol. The summed E-state index contributed by atoms with van der Waals surface area (Å²) < 4.78 is 10.6. The number of carbonyl (C=O) groups is 3. The van der Waals surface area contributed by atoms with E-state index in [4.69, 9.17) is 9.47 Å². The van der Waals surface area contributed by atoms with Crippen LogP contribution in [0, 0.1) is 0 Å². The molecule has 1 fully saturated rings. The van der Waals surface area contributed by atoms with Crippen LogP contribution in [-0.4, -0.2) is 54.5 Å². The van der Waals surface area contributed by atoms with E-state index in [2.05, 4.69) is 22.8 Å². The van der Waals surface area contributed by atoms with E-state index in [9.17, 15) is 19.5 Å². The molecule has 0 aromatic heterocycles. The molecule has 8 nitrogen and oxygen atoms in total. The lowest BCUT2D eigenvalue weighted by molar-refractivity contribution is -0.147. The summed E-state index contributed by atoms with van der Waals surface area (Å²) in [6.07, 6.45) is -0.481. The largest absolute Gasteiger partial charge is 0.479 e. The highest BCUT2D eigenvalue weighted by molar-refractivity contribution is 5.88. The summed E-state index contributed by atoms with van der Waals surface area (Å²) in [6.45, 7) is 2.06. The summed E-state index contributed by atoms with van der Waals surface area (Å²) in [5.74, 6) is -1.64. The number of carboxylic acid groups (broad SMARTS) is 1. The topological polar surface area (TPSA) is 114 Å². The second-order valence-electron chi connectivity index (χ2n) is 8.31. The van der Waals surface area contributed by atoms with Crippen molar-refractivity contribution in [2.45, 2.75) is 37.3 Å². The van der Waals surface area contributed by atoms with Crippen molar-refractivity contribution in [2.24, 2.45) is 0 Å². The maximum atomic E-state index is 12.4. The van der Waals surface area contributed by atoms with Crippen molar-refractivity contribution in [3.05, 3.63) is 59.7 Å². The molecule has 1 heterocycles. The number of benzene rings is 2. The summed E-state index contributed by atoms with van der Waals surface area (Å²) in [4.78, 5) is 36.2. The third-order valence-corrected chi connectivity index (χ3v) is 6.01. The molecular formula is C24H26N2O6. The van der Waals surface area contributed by atoms with Gasteiger partial charge in [0.15, 0.2) is 5.54 Å². The number of rotatable bonds is 7. The molecule has 0 bridgehead atoms. The van der Waals surface area contributed by atoms with Crippen LogP contribution in [0.15, 0.2) is 48.5 Å². The van der Waals surface area contributed by atoms with Gasteiger partial charge in [0.2, 0.25) is 5.91 Å². The van der Waals surface area contributed by atoms with Gasteiger partial charge in [0.05, 0.1) is 6.61 Å². The number of carbonyl (C=O) groups excluding carboxylic acids is 2. The van der Waals surface area contributed by atoms with E-state index in [1.807, 2.05) is 36.4 Å². The van der Waals surface area contributed by atoms with Gasteiger partial charge in [0.25, 0.3) is 0 Å². The highest BCUT2D eigenvalue weighted by Gasteiger charge is 2.44. The number of hydrogen-bond donors (Lipinski definition) is 3. The first-order valence-corrected chi connectivity index (χ1v) is 10.6. The van der Waals surface area contributed by atoms with Crippen molar-refractivity contribution in [2.75, 3.05) is 19.8 Å². The number of carboxylic acids is 1. The molecule has 2 atom stereocenters.